The van der Waals surface area contributed by atoms with Crippen molar-refractivity contribution in [3.05, 3.63) is 46.2 Å². The molecule has 1 aromatic carbocycles. The SMILES string of the molecule is CC(C(O)=C(C([NH3+])=O)C(=O)CO)C1CCC2C(=C(O)c3c(O)cccc3C2O)C(=O)C1. The van der Waals surface area contributed by atoms with Crippen molar-refractivity contribution >= 4 is 23.2 Å². The number of aliphatic hydroxyl groups is 4. The highest BCUT2D eigenvalue weighted by Crippen LogP contribution is 2.49. The van der Waals surface area contributed by atoms with Gasteiger partial charge in [0.2, 0.25) is 5.78 Å². The van der Waals surface area contributed by atoms with Crippen molar-refractivity contribution < 1.29 is 45.6 Å². The molecule has 0 radical (unpaired) electrons. The van der Waals surface area contributed by atoms with Gasteiger partial charge < -0.3 is 25.5 Å². The van der Waals surface area contributed by atoms with Crippen LogP contribution in [-0.4, -0.2) is 49.6 Å². The zero-order chi connectivity index (χ0) is 23.0. The van der Waals surface area contributed by atoms with Crippen molar-refractivity contribution in [2.75, 3.05) is 6.61 Å². The Kier molecular flexibility index (Phi) is 6.30. The zero-order valence-corrected chi connectivity index (χ0v) is 17.0. The van der Waals surface area contributed by atoms with E-state index in [0.29, 0.717) is 18.4 Å². The van der Waals surface area contributed by atoms with Gasteiger partial charge in [-0.25, -0.2) is 4.79 Å². The molecule has 3 rings (SSSR count). The molecule has 1 fully saturated rings. The second kappa shape index (κ2) is 8.62. The maximum absolute atomic E-state index is 13.1. The van der Waals surface area contributed by atoms with Crippen molar-refractivity contribution in [1.29, 1.82) is 0 Å². The number of aliphatic hydroxyl groups excluding tert-OH is 4. The second-order valence-electron chi connectivity index (χ2n) is 8.07. The topological polar surface area (TPSA) is 180 Å². The molecule has 1 aromatic rings. The van der Waals surface area contributed by atoms with E-state index in [4.69, 9.17) is 5.11 Å². The monoisotopic (exact) mass is 432 g/mol. The van der Waals surface area contributed by atoms with E-state index < -0.39 is 59.3 Å². The van der Waals surface area contributed by atoms with Gasteiger partial charge in [0.05, 0.1) is 11.7 Å². The fourth-order valence-corrected chi connectivity index (χ4v) is 4.63. The molecule has 9 heteroatoms. The van der Waals surface area contributed by atoms with Crippen LogP contribution in [0, 0.1) is 17.8 Å². The normalized spacial score (nSPS) is 25.2. The van der Waals surface area contributed by atoms with E-state index in [2.05, 4.69) is 5.73 Å². The molecule has 1 amide bonds. The van der Waals surface area contributed by atoms with E-state index >= 15 is 0 Å². The Morgan fingerprint density at radius 2 is 1.90 bits per heavy atom. The summed E-state index contributed by atoms with van der Waals surface area (Å²) in [5, 5.41) is 51.4. The largest absolute Gasteiger partial charge is 0.511 e. The van der Waals surface area contributed by atoms with Gasteiger partial charge in [0, 0.05) is 23.8 Å². The average molecular weight is 432 g/mol. The van der Waals surface area contributed by atoms with Gasteiger partial charge in [-0.2, -0.15) is 0 Å². The predicted octanol–water partition coefficient (Wildman–Crippen LogP) is 0.472. The van der Waals surface area contributed by atoms with Gasteiger partial charge in [-0.05, 0) is 30.4 Å². The minimum atomic E-state index is -1.11. The summed E-state index contributed by atoms with van der Waals surface area (Å²) >= 11 is 0. The number of phenolic OH excluding ortho intramolecular Hbond substituents is 1. The first kappa shape index (κ1) is 22.7. The molecule has 9 nitrogen and oxygen atoms in total. The lowest BCUT2D eigenvalue weighted by Gasteiger charge is -2.31. The molecule has 0 aliphatic heterocycles. The quantitative estimate of drug-likeness (QED) is 0.168. The molecule has 4 atom stereocenters. The van der Waals surface area contributed by atoms with E-state index in [1.165, 1.54) is 12.1 Å². The lowest BCUT2D eigenvalue weighted by atomic mass is 9.77. The van der Waals surface area contributed by atoms with E-state index in [1.54, 1.807) is 13.0 Å². The maximum atomic E-state index is 13.1. The van der Waals surface area contributed by atoms with E-state index in [9.17, 15) is 34.8 Å². The van der Waals surface area contributed by atoms with Crippen LogP contribution < -0.4 is 5.73 Å². The Balaban J connectivity index is 1.99. The number of hydrogen-bond donors (Lipinski definition) is 6. The number of hydrogen-bond acceptors (Lipinski definition) is 8. The van der Waals surface area contributed by atoms with Crippen molar-refractivity contribution in [3.63, 3.8) is 0 Å². The molecule has 0 heterocycles. The Morgan fingerprint density at radius 3 is 2.52 bits per heavy atom. The number of aromatic hydroxyl groups is 1. The fraction of sp³-hybridized carbons (Fsp3) is 0.409. The van der Waals surface area contributed by atoms with Gasteiger partial charge in [0.1, 0.15) is 23.9 Å². The number of quaternary nitrogens is 1. The smallest absolute Gasteiger partial charge is 0.348 e. The van der Waals surface area contributed by atoms with E-state index in [0.717, 1.165) is 0 Å². The van der Waals surface area contributed by atoms with Crippen LogP contribution in [0.15, 0.2) is 35.1 Å². The number of phenols is 1. The van der Waals surface area contributed by atoms with Crippen molar-refractivity contribution in [2.45, 2.75) is 32.3 Å². The Hall–Kier alpha value is -3.01. The van der Waals surface area contributed by atoms with Crippen molar-refractivity contribution in [2.24, 2.45) is 17.8 Å². The molecule has 0 aromatic heterocycles. The van der Waals surface area contributed by atoms with Gasteiger partial charge in [-0.15, -0.1) is 0 Å². The molecule has 31 heavy (non-hydrogen) atoms. The summed E-state index contributed by atoms with van der Waals surface area (Å²) in [6, 6.07) is 4.47. The van der Waals surface area contributed by atoms with Crippen molar-refractivity contribution in [1.82, 2.24) is 0 Å². The van der Waals surface area contributed by atoms with Crippen LogP contribution in [0.4, 0.5) is 0 Å². The molecule has 166 valence electrons. The van der Waals surface area contributed by atoms with Gasteiger partial charge >= 0.3 is 5.91 Å². The minimum Gasteiger partial charge on any atom is -0.511 e. The number of amides is 1. The van der Waals surface area contributed by atoms with Crippen LogP contribution >= 0.6 is 0 Å². The molecule has 4 unspecified atom stereocenters. The summed E-state index contributed by atoms with van der Waals surface area (Å²) in [5.74, 6) is -5.47. The summed E-state index contributed by atoms with van der Waals surface area (Å²) in [4.78, 5) is 36.7. The third kappa shape index (κ3) is 3.87. The third-order valence-electron chi connectivity index (χ3n) is 6.33. The third-order valence-corrected chi connectivity index (χ3v) is 6.33. The second-order valence-corrected chi connectivity index (χ2v) is 8.07. The van der Waals surface area contributed by atoms with Crippen LogP contribution in [0.1, 0.15) is 43.4 Å². The summed E-state index contributed by atoms with van der Waals surface area (Å²) in [6.45, 7) is 0.592. The lowest BCUT2D eigenvalue weighted by Crippen LogP contribution is -2.59. The van der Waals surface area contributed by atoms with Gasteiger partial charge in [-0.1, -0.05) is 19.1 Å². The van der Waals surface area contributed by atoms with Crippen LogP contribution in [0.3, 0.4) is 0 Å². The number of ketones is 2. The first-order chi connectivity index (χ1) is 14.6. The summed E-state index contributed by atoms with van der Waals surface area (Å²) < 4.78 is 0. The predicted molar refractivity (Wildman–Crippen MR) is 107 cm³/mol. The van der Waals surface area contributed by atoms with Gasteiger partial charge in [0.15, 0.2) is 11.4 Å². The number of allylic oxidation sites excluding steroid dienone is 1. The average Bonchev–Trinajstić information content (AvgIpc) is 2.90. The molecule has 0 saturated heterocycles. The highest BCUT2D eigenvalue weighted by atomic mass is 16.3. The number of rotatable bonds is 5. The van der Waals surface area contributed by atoms with E-state index in [-0.39, 0.29) is 29.1 Å². The Labute approximate surface area is 178 Å². The first-order valence-electron chi connectivity index (χ1n) is 10.00. The number of carbonyl (C=O) groups is 3. The first-order valence-corrected chi connectivity index (χ1v) is 10.00. The van der Waals surface area contributed by atoms with Crippen LogP contribution in [0.2, 0.25) is 0 Å². The molecule has 2 aliphatic carbocycles. The van der Waals surface area contributed by atoms with Crippen LogP contribution in [-0.2, 0) is 14.4 Å². The number of carbonyl (C=O) groups excluding carboxylic acids is 3. The molecular weight excluding hydrogens is 406 g/mol. The number of fused-ring (bicyclic) bond motifs is 2. The Bertz CT molecular complexity index is 1010. The minimum absolute atomic E-state index is 0.0274. The highest BCUT2D eigenvalue weighted by molar-refractivity contribution is 6.16. The molecule has 8 N–H and O–H groups in total. The zero-order valence-electron chi connectivity index (χ0n) is 17.0. The highest BCUT2D eigenvalue weighted by Gasteiger charge is 2.43. The van der Waals surface area contributed by atoms with Crippen LogP contribution in [0.25, 0.3) is 5.76 Å². The fourth-order valence-electron chi connectivity index (χ4n) is 4.63. The maximum Gasteiger partial charge on any atom is 0.348 e. The lowest BCUT2D eigenvalue weighted by molar-refractivity contribution is -0.299. The molecule has 2 aliphatic rings. The Morgan fingerprint density at radius 1 is 1.23 bits per heavy atom. The molecule has 0 spiro atoms. The van der Waals surface area contributed by atoms with E-state index in [1.807, 2.05) is 0 Å². The summed E-state index contributed by atoms with van der Waals surface area (Å²) in [7, 11) is 0. The van der Waals surface area contributed by atoms with Crippen molar-refractivity contribution in [3.8, 4) is 5.75 Å². The van der Waals surface area contributed by atoms with Crippen LogP contribution in [0.5, 0.6) is 5.75 Å². The standard InChI is InChI=1S/C22H25NO8/c1-9(19(28)18(22(23)31)15(27)8-24)10-5-6-12-17(14(26)7-10)21(30)16-11(20(12)29)3-2-4-13(16)25/h2-4,9-10,12,20,24-25,28-30H,5-8H2,1H3,(H2,23,31)/p+1. The summed E-state index contributed by atoms with van der Waals surface area (Å²) in [6.07, 6.45) is -0.563. The molecule has 0 bridgehead atoms. The van der Waals surface area contributed by atoms with Gasteiger partial charge in [0.25, 0.3) is 0 Å². The molecular formula is C22H26NO8+. The number of benzene rings is 1. The number of Topliss-reactive ketones (excluding diaryl/α,β-unsaturated/α-hetero) is 2. The summed E-state index contributed by atoms with van der Waals surface area (Å²) in [5.41, 5.74) is 2.94. The van der Waals surface area contributed by atoms with Gasteiger partial charge in [-0.3, -0.25) is 15.3 Å². The molecule has 1 saturated carbocycles.